The van der Waals surface area contributed by atoms with Crippen LogP contribution in [0.15, 0.2) is 78.9 Å². The van der Waals surface area contributed by atoms with Crippen molar-refractivity contribution in [2.75, 3.05) is 12.5 Å². The SMILES string of the molecule is CC(C)(C)OC(=O)n1c(C(=O)c2ccc(Oc3ccccc3)cc2)cc2c(OCCCCl)cccc21. The Bertz CT molecular complexity index is 1350. The number of halogens is 1. The molecule has 36 heavy (non-hydrogen) atoms. The number of para-hydroxylation sites is 1. The molecule has 7 heteroatoms. The van der Waals surface area contributed by atoms with Crippen molar-refractivity contribution in [3.63, 3.8) is 0 Å². The number of hydrogen-bond acceptors (Lipinski definition) is 5. The summed E-state index contributed by atoms with van der Waals surface area (Å²) in [5.74, 6) is 2.02. The zero-order chi connectivity index (χ0) is 25.7. The molecular weight excluding hydrogens is 478 g/mol. The average molecular weight is 506 g/mol. The molecule has 4 rings (SSSR count). The molecule has 0 spiro atoms. The third-order valence-corrected chi connectivity index (χ3v) is 5.51. The number of nitrogens with zero attached hydrogens (tertiary/aromatic N) is 1. The van der Waals surface area contributed by atoms with Gasteiger partial charge in [0.15, 0.2) is 0 Å². The minimum atomic E-state index is -0.737. The zero-order valence-corrected chi connectivity index (χ0v) is 21.2. The molecule has 1 aromatic heterocycles. The van der Waals surface area contributed by atoms with Gasteiger partial charge in [-0.25, -0.2) is 9.36 Å². The van der Waals surface area contributed by atoms with Gasteiger partial charge in [-0.2, -0.15) is 0 Å². The van der Waals surface area contributed by atoms with Crippen molar-refractivity contribution in [3.05, 3.63) is 90.1 Å². The van der Waals surface area contributed by atoms with E-state index in [1.54, 1.807) is 69.3 Å². The van der Waals surface area contributed by atoms with Crippen LogP contribution in [0.1, 0.15) is 43.2 Å². The van der Waals surface area contributed by atoms with Gasteiger partial charge in [0.05, 0.1) is 12.1 Å². The van der Waals surface area contributed by atoms with Crippen molar-refractivity contribution in [2.45, 2.75) is 32.8 Å². The summed E-state index contributed by atoms with van der Waals surface area (Å²) in [6.45, 7) is 5.77. The molecule has 0 fully saturated rings. The molecule has 0 atom stereocenters. The topological polar surface area (TPSA) is 66.8 Å². The second-order valence-corrected chi connectivity index (χ2v) is 9.57. The maximum absolute atomic E-state index is 13.6. The second kappa shape index (κ2) is 10.9. The van der Waals surface area contributed by atoms with E-state index in [2.05, 4.69) is 0 Å². The van der Waals surface area contributed by atoms with Crippen LogP contribution in [0.2, 0.25) is 0 Å². The normalized spacial score (nSPS) is 11.3. The van der Waals surface area contributed by atoms with Crippen molar-refractivity contribution >= 4 is 34.4 Å². The van der Waals surface area contributed by atoms with Crippen LogP contribution in [-0.2, 0) is 4.74 Å². The number of carbonyl (C=O) groups excluding carboxylic acids is 2. The van der Waals surface area contributed by atoms with Crippen molar-refractivity contribution in [3.8, 4) is 17.2 Å². The first-order valence-electron chi connectivity index (χ1n) is 11.7. The Hall–Kier alpha value is -3.77. The van der Waals surface area contributed by atoms with Gasteiger partial charge >= 0.3 is 6.09 Å². The Morgan fingerprint density at radius 3 is 2.25 bits per heavy atom. The third-order valence-electron chi connectivity index (χ3n) is 5.25. The molecule has 0 saturated carbocycles. The lowest BCUT2D eigenvalue weighted by Crippen LogP contribution is -2.28. The summed E-state index contributed by atoms with van der Waals surface area (Å²) in [6, 6.07) is 23.2. The summed E-state index contributed by atoms with van der Waals surface area (Å²) in [6.07, 6.45) is 0.0382. The van der Waals surface area contributed by atoms with Gasteiger partial charge < -0.3 is 14.2 Å². The van der Waals surface area contributed by atoms with E-state index in [0.717, 1.165) is 0 Å². The van der Waals surface area contributed by atoms with E-state index in [1.165, 1.54) is 4.57 Å². The highest BCUT2D eigenvalue weighted by molar-refractivity contribution is 6.17. The van der Waals surface area contributed by atoms with Crippen LogP contribution in [0.4, 0.5) is 4.79 Å². The van der Waals surface area contributed by atoms with Crippen LogP contribution in [0.25, 0.3) is 10.9 Å². The van der Waals surface area contributed by atoms with E-state index < -0.39 is 11.7 Å². The minimum absolute atomic E-state index is 0.185. The molecule has 6 nitrogen and oxygen atoms in total. The molecule has 0 saturated heterocycles. The minimum Gasteiger partial charge on any atom is -0.493 e. The molecule has 0 aliphatic rings. The number of aromatic nitrogens is 1. The predicted octanol–water partition coefficient (Wildman–Crippen LogP) is 7.46. The molecule has 4 aromatic rings. The first kappa shape index (κ1) is 25.3. The summed E-state index contributed by atoms with van der Waals surface area (Å²) >= 11 is 5.79. The van der Waals surface area contributed by atoms with E-state index in [0.29, 0.717) is 52.6 Å². The van der Waals surface area contributed by atoms with E-state index in [1.807, 2.05) is 30.3 Å². The van der Waals surface area contributed by atoms with Gasteiger partial charge in [-0.15, -0.1) is 11.6 Å². The number of carbonyl (C=O) groups is 2. The molecular formula is C29H28ClNO5. The number of ether oxygens (including phenoxy) is 3. The van der Waals surface area contributed by atoms with Crippen LogP contribution in [0, 0.1) is 0 Å². The number of benzene rings is 3. The van der Waals surface area contributed by atoms with E-state index in [-0.39, 0.29) is 11.5 Å². The fourth-order valence-electron chi connectivity index (χ4n) is 3.68. The van der Waals surface area contributed by atoms with Gasteiger partial charge in [0.25, 0.3) is 0 Å². The summed E-state index contributed by atoms with van der Waals surface area (Å²) in [5.41, 5.74) is 0.385. The molecule has 0 unspecified atom stereocenters. The van der Waals surface area contributed by atoms with Gasteiger partial charge in [-0.3, -0.25) is 4.79 Å². The van der Waals surface area contributed by atoms with Gasteiger partial charge in [-0.05, 0) is 81.8 Å². The molecule has 186 valence electrons. The van der Waals surface area contributed by atoms with Crippen LogP contribution in [0.3, 0.4) is 0 Å². The molecule has 0 aliphatic heterocycles. The largest absolute Gasteiger partial charge is 0.493 e. The molecule has 0 radical (unpaired) electrons. The van der Waals surface area contributed by atoms with Crippen molar-refractivity contribution in [2.24, 2.45) is 0 Å². The number of alkyl halides is 1. The van der Waals surface area contributed by atoms with E-state index in [4.69, 9.17) is 25.8 Å². The van der Waals surface area contributed by atoms with E-state index >= 15 is 0 Å². The van der Waals surface area contributed by atoms with Crippen molar-refractivity contribution < 1.29 is 23.8 Å². The van der Waals surface area contributed by atoms with Crippen LogP contribution >= 0.6 is 11.6 Å². The fourth-order valence-corrected chi connectivity index (χ4v) is 3.79. The number of ketones is 1. The van der Waals surface area contributed by atoms with Crippen molar-refractivity contribution in [1.29, 1.82) is 0 Å². The van der Waals surface area contributed by atoms with Crippen molar-refractivity contribution in [1.82, 2.24) is 4.57 Å². The quantitative estimate of drug-likeness (QED) is 0.141. The monoisotopic (exact) mass is 505 g/mol. The number of rotatable bonds is 8. The maximum atomic E-state index is 13.6. The zero-order valence-electron chi connectivity index (χ0n) is 20.5. The summed E-state index contributed by atoms with van der Waals surface area (Å²) < 4.78 is 18.7. The first-order valence-corrected chi connectivity index (χ1v) is 12.2. The van der Waals surface area contributed by atoms with Gasteiger partial charge in [0, 0.05) is 16.8 Å². The molecule has 0 bridgehead atoms. The lowest BCUT2D eigenvalue weighted by molar-refractivity contribution is 0.0536. The average Bonchev–Trinajstić information content (AvgIpc) is 3.24. The summed E-state index contributed by atoms with van der Waals surface area (Å²) in [5, 5.41) is 0.644. The number of hydrogen-bond donors (Lipinski definition) is 0. The first-order chi connectivity index (χ1) is 17.3. The Morgan fingerprint density at radius 1 is 0.889 bits per heavy atom. The molecule has 0 N–H and O–H groups in total. The van der Waals surface area contributed by atoms with Gasteiger partial charge in [-0.1, -0.05) is 24.3 Å². The fraction of sp³-hybridized carbons (Fsp3) is 0.241. The smallest absolute Gasteiger partial charge is 0.419 e. The standard InChI is InChI=1S/C29H28ClNO5/c1-29(2,3)36-28(33)31-24-11-7-12-26(34-18-8-17-30)23(24)19-25(31)27(32)20-13-15-22(16-14-20)35-21-9-5-4-6-10-21/h4-7,9-16,19H,8,17-18H2,1-3H3. The van der Waals surface area contributed by atoms with Crippen LogP contribution in [-0.4, -0.2) is 34.5 Å². The highest BCUT2D eigenvalue weighted by atomic mass is 35.5. The summed E-state index contributed by atoms with van der Waals surface area (Å²) in [7, 11) is 0. The maximum Gasteiger partial charge on any atom is 0.419 e. The Morgan fingerprint density at radius 2 is 1.58 bits per heavy atom. The molecule has 3 aromatic carbocycles. The Kier molecular flexibility index (Phi) is 7.65. The Balaban J connectivity index is 1.71. The van der Waals surface area contributed by atoms with Crippen LogP contribution < -0.4 is 9.47 Å². The molecule has 0 aliphatic carbocycles. The Labute approximate surface area is 215 Å². The highest BCUT2D eigenvalue weighted by Gasteiger charge is 2.27. The van der Waals surface area contributed by atoms with E-state index in [9.17, 15) is 9.59 Å². The van der Waals surface area contributed by atoms with Gasteiger partial charge in [0.2, 0.25) is 5.78 Å². The number of fused-ring (bicyclic) bond motifs is 1. The lowest BCUT2D eigenvalue weighted by Gasteiger charge is -2.20. The van der Waals surface area contributed by atoms with Gasteiger partial charge in [0.1, 0.15) is 28.5 Å². The molecule has 1 heterocycles. The lowest BCUT2D eigenvalue weighted by atomic mass is 10.1. The highest BCUT2D eigenvalue weighted by Crippen LogP contribution is 2.31. The molecule has 0 amide bonds. The van der Waals surface area contributed by atoms with Crippen LogP contribution in [0.5, 0.6) is 17.2 Å². The summed E-state index contributed by atoms with van der Waals surface area (Å²) in [4.78, 5) is 26.9. The second-order valence-electron chi connectivity index (χ2n) is 9.19. The third kappa shape index (κ3) is 5.89. The predicted molar refractivity (Wildman–Crippen MR) is 141 cm³/mol.